The van der Waals surface area contributed by atoms with Crippen molar-refractivity contribution in [1.82, 2.24) is 35.1 Å². The summed E-state index contributed by atoms with van der Waals surface area (Å²) in [5.41, 5.74) is 6.54. The second kappa shape index (κ2) is 14.3. The van der Waals surface area contributed by atoms with E-state index in [-0.39, 0.29) is 18.0 Å². The number of amides is 3. The third-order valence-corrected chi connectivity index (χ3v) is 10.4. The summed E-state index contributed by atoms with van der Waals surface area (Å²) < 4.78 is 4.82. The zero-order valence-corrected chi connectivity index (χ0v) is 29.2. The molecule has 3 unspecified atom stereocenters. The number of H-pyrrole nitrogens is 2. The van der Waals surface area contributed by atoms with Gasteiger partial charge in [0.05, 0.1) is 43.0 Å². The number of aromatic amines is 2. The predicted octanol–water partition coefficient (Wildman–Crippen LogP) is 7.86. The third kappa shape index (κ3) is 6.71. The second-order valence-corrected chi connectivity index (χ2v) is 13.5. The van der Waals surface area contributed by atoms with Crippen molar-refractivity contribution < 1.29 is 24.2 Å². The summed E-state index contributed by atoms with van der Waals surface area (Å²) in [5, 5.41) is 14.4. The van der Waals surface area contributed by atoms with E-state index in [0.717, 1.165) is 70.1 Å². The predicted molar refractivity (Wildman–Crippen MR) is 200 cm³/mol. The number of nitrogens with one attached hydrogen (secondary N) is 3. The number of methoxy groups -OCH3 is 1. The number of benzene rings is 4. The van der Waals surface area contributed by atoms with Crippen LogP contribution in [0.2, 0.25) is 0 Å². The van der Waals surface area contributed by atoms with Gasteiger partial charge in [-0.25, -0.2) is 19.6 Å². The average Bonchev–Trinajstić information content (AvgIpc) is 4.03. The molecular formula is C41H39N7O5. The molecule has 3 atom stereocenters. The number of nitrogens with zero attached hydrogens (tertiary/aromatic N) is 4. The standard InChI is InChI=1S/C41H39N7O5/c1-53-40(50)46-36(27-7-3-2-4-8-27)39(49)47-19-5-9-34(47)37-42-23-32(44-37)26-13-11-25(12-14-26)28-15-16-30-22-31(18-17-29(30)21-28)33-24-43-38(45-33)35-10-6-20-48(35)41(51)52/h2-4,7-8,11-18,21-24,34-36H,5-6,9-10,19-20H2,1H3,(H,42,44)(H,43,45)(H,46,50)(H,51,52). The lowest BCUT2D eigenvalue weighted by atomic mass is 9.98. The van der Waals surface area contributed by atoms with Crippen LogP contribution in [0.4, 0.5) is 9.59 Å². The highest BCUT2D eigenvalue weighted by molar-refractivity contribution is 5.91. The first-order valence-electron chi connectivity index (χ1n) is 17.8. The molecule has 2 aliphatic heterocycles. The molecule has 53 heavy (non-hydrogen) atoms. The minimum Gasteiger partial charge on any atom is -0.465 e. The Morgan fingerprint density at radius 1 is 0.736 bits per heavy atom. The van der Waals surface area contributed by atoms with Gasteiger partial charge in [-0.3, -0.25) is 9.69 Å². The molecule has 0 saturated carbocycles. The topological polar surface area (TPSA) is 157 Å². The van der Waals surface area contributed by atoms with Gasteiger partial charge < -0.3 is 30.0 Å². The molecule has 4 heterocycles. The van der Waals surface area contributed by atoms with Crippen LogP contribution in [-0.4, -0.2) is 73.1 Å². The SMILES string of the molecule is COC(=O)NC(C(=O)N1CCCC1c1ncc(-c2ccc(-c3ccc4cc(-c5cnc(C6CCCN6C(=O)O)[nH]5)ccc4c3)cc2)[nH]1)c1ccccc1. The largest absolute Gasteiger partial charge is 0.465 e. The van der Waals surface area contributed by atoms with Gasteiger partial charge in [-0.2, -0.15) is 0 Å². The van der Waals surface area contributed by atoms with Gasteiger partial charge in [-0.15, -0.1) is 0 Å². The number of hydrogen-bond donors (Lipinski definition) is 4. The second-order valence-electron chi connectivity index (χ2n) is 13.5. The fourth-order valence-electron chi connectivity index (χ4n) is 7.61. The van der Waals surface area contributed by atoms with E-state index < -0.39 is 18.2 Å². The summed E-state index contributed by atoms with van der Waals surface area (Å²) in [6.45, 7) is 1.09. The van der Waals surface area contributed by atoms with E-state index in [2.05, 4.69) is 80.9 Å². The van der Waals surface area contributed by atoms with Gasteiger partial charge in [-0.1, -0.05) is 78.9 Å². The van der Waals surface area contributed by atoms with Crippen molar-refractivity contribution >= 4 is 28.9 Å². The molecule has 2 aromatic heterocycles. The van der Waals surface area contributed by atoms with E-state index in [0.29, 0.717) is 30.3 Å². The average molecular weight is 710 g/mol. The van der Waals surface area contributed by atoms with Crippen molar-refractivity contribution in [2.75, 3.05) is 20.2 Å². The van der Waals surface area contributed by atoms with Crippen LogP contribution >= 0.6 is 0 Å². The van der Waals surface area contributed by atoms with Crippen LogP contribution in [-0.2, 0) is 9.53 Å². The Bertz CT molecular complexity index is 2280. The molecule has 0 bridgehead atoms. The molecule has 12 nitrogen and oxygen atoms in total. The van der Waals surface area contributed by atoms with E-state index in [1.54, 1.807) is 17.3 Å². The van der Waals surface area contributed by atoms with Crippen LogP contribution < -0.4 is 5.32 Å². The number of carbonyl (C=O) groups excluding carboxylic acids is 2. The fourth-order valence-corrected chi connectivity index (χ4v) is 7.61. The number of hydrogen-bond acceptors (Lipinski definition) is 6. The van der Waals surface area contributed by atoms with Crippen LogP contribution in [0.3, 0.4) is 0 Å². The Hall–Kier alpha value is -6.43. The van der Waals surface area contributed by atoms with Crippen molar-refractivity contribution in [1.29, 1.82) is 0 Å². The summed E-state index contributed by atoms with van der Waals surface area (Å²) >= 11 is 0. The van der Waals surface area contributed by atoms with Gasteiger partial charge in [-0.05, 0) is 70.8 Å². The van der Waals surface area contributed by atoms with Gasteiger partial charge >= 0.3 is 12.2 Å². The number of aromatic nitrogens is 4. The summed E-state index contributed by atoms with van der Waals surface area (Å²) in [4.78, 5) is 57.0. The number of carbonyl (C=O) groups is 3. The van der Waals surface area contributed by atoms with Gasteiger partial charge in [0.25, 0.3) is 5.91 Å². The zero-order valence-electron chi connectivity index (χ0n) is 29.2. The van der Waals surface area contributed by atoms with E-state index in [1.807, 2.05) is 30.3 Å². The number of alkyl carbamates (subject to hydrolysis) is 1. The van der Waals surface area contributed by atoms with Gasteiger partial charge in [0.15, 0.2) is 0 Å². The van der Waals surface area contributed by atoms with E-state index in [1.165, 1.54) is 12.0 Å². The fraction of sp³-hybridized carbons (Fsp3) is 0.244. The Balaban J connectivity index is 0.966. The molecule has 0 spiro atoms. The molecule has 2 aliphatic rings. The van der Waals surface area contributed by atoms with Crippen LogP contribution in [0, 0.1) is 0 Å². The summed E-state index contributed by atoms with van der Waals surface area (Å²) in [7, 11) is 1.28. The molecule has 268 valence electrons. The highest BCUT2D eigenvalue weighted by Gasteiger charge is 2.37. The van der Waals surface area contributed by atoms with Crippen LogP contribution in [0.5, 0.6) is 0 Å². The van der Waals surface area contributed by atoms with Gasteiger partial charge in [0.1, 0.15) is 17.7 Å². The van der Waals surface area contributed by atoms with Crippen LogP contribution in [0.15, 0.2) is 103 Å². The first-order chi connectivity index (χ1) is 25.9. The maximum Gasteiger partial charge on any atom is 0.407 e. The lowest BCUT2D eigenvalue weighted by Gasteiger charge is -2.28. The van der Waals surface area contributed by atoms with E-state index >= 15 is 0 Å². The molecular weight excluding hydrogens is 670 g/mol. The van der Waals surface area contributed by atoms with Gasteiger partial charge in [0.2, 0.25) is 0 Å². The molecule has 0 aliphatic carbocycles. The van der Waals surface area contributed by atoms with E-state index in [9.17, 15) is 19.5 Å². The zero-order chi connectivity index (χ0) is 36.5. The molecule has 0 radical (unpaired) electrons. The highest BCUT2D eigenvalue weighted by atomic mass is 16.5. The lowest BCUT2D eigenvalue weighted by molar-refractivity contribution is -0.134. The number of carboxylic acid groups (broad SMARTS) is 1. The number of rotatable bonds is 8. The normalized spacial score (nSPS) is 17.6. The molecule has 2 fully saturated rings. The Kier molecular flexibility index (Phi) is 9.09. The number of ether oxygens (including phenoxy) is 1. The molecule has 3 amide bonds. The number of likely N-dealkylation sites (tertiary alicyclic amines) is 2. The molecule has 4 N–H and O–H groups in total. The molecule has 12 heteroatoms. The maximum absolute atomic E-state index is 13.9. The van der Waals surface area contributed by atoms with Crippen molar-refractivity contribution in [2.45, 2.75) is 43.8 Å². The Morgan fingerprint density at radius 3 is 1.92 bits per heavy atom. The first-order valence-corrected chi connectivity index (χ1v) is 17.8. The third-order valence-electron chi connectivity index (χ3n) is 10.4. The maximum atomic E-state index is 13.9. The first kappa shape index (κ1) is 33.7. The number of fused-ring (bicyclic) bond motifs is 1. The van der Waals surface area contributed by atoms with Crippen molar-refractivity contribution in [3.8, 4) is 33.6 Å². The summed E-state index contributed by atoms with van der Waals surface area (Å²) in [5.74, 6) is 1.19. The minimum absolute atomic E-state index is 0.207. The van der Waals surface area contributed by atoms with Crippen molar-refractivity contribution in [3.05, 3.63) is 121 Å². The molecule has 4 aromatic carbocycles. The molecule has 6 aromatic rings. The van der Waals surface area contributed by atoms with E-state index in [4.69, 9.17) is 9.72 Å². The molecule has 2 saturated heterocycles. The monoisotopic (exact) mass is 709 g/mol. The van der Waals surface area contributed by atoms with Gasteiger partial charge in [0, 0.05) is 18.7 Å². The lowest BCUT2D eigenvalue weighted by Crippen LogP contribution is -2.42. The summed E-state index contributed by atoms with van der Waals surface area (Å²) in [6.07, 6.45) is 5.19. The number of imidazole rings is 2. The minimum atomic E-state index is -0.913. The van der Waals surface area contributed by atoms with Crippen LogP contribution in [0.25, 0.3) is 44.4 Å². The highest BCUT2D eigenvalue weighted by Crippen LogP contribution is 2.36. The smallest absolute Gasteiger partial charge is 0.407 e. The van der Waals surface area contributed by atoms with Crippen molar-refractivity contribution in [2.24, 2.45) is 0 Å². The quantitative estimate of drug-likeness (QED) is 0.125. The Labute approximate surface area is 305 Å². The molecule has 8 rings (SSSR count). The van der Waals surface area contributed by atoms with Crippen molar-refractivity contribution in [3.63, 3.8) is 0 Å². The van der Waals surface area contributed by atoms with Crippen LogP contribution in [0.1, 0.15) is 61.0 Å². The Morgan fingerprint density at radius 2 is 1.28 bits per heavy atom. The summed E-state index contributed by atoms with van der Waals surface area (Å²) in [6, 6.07) is 28.8.